The highest BCUT2D eigenvalue weighted by atomic mass is 32.2. The molecule has 2 fully saturated rings. The molecule has 3 heterocycles. The van der Waals surface area contributed by atoms with Crippen LogP contribution in [0.5, 0.6) is 0 Å². The van der Waals surface area contributed by atoms with Gasteiger partial charge in [0.2, 0.25) is 5.91 Å². The first kappa shape index (κ1) is 26.1. The van der Waals surface area contributed by atoms with Gasteiger partial charge in [0.15, 0.2) is 38.9 Å². The number of esters is 1. The molecule has 0 bridgehead atoms. The zero-order valence-corrected chi connectivity index (χ0v) is 21.3. The van der Waals surface area contributed by atoms with E-state index in [4.69, 9.17) is 19.3 Å². The molecule has 0 aliphatic carbocycles. The van der Waals surface area contributed by atoms with Gasteiger partial charge in [0.05, 0.1) is 10.8 Å². The van der Waals surface area contributed by atoms with Crippen molar-refractivity contribution in [3.05, 3.63) is 51.5 Å². The first-order chi connectivity index (χ1) is 16.5. The number of rotatable bonds is 6. The number of ether oxygens (including phenoxy) is 1. The minimum absolute atomic E-state index is 0.0445. The van der Waals surface area contributed by atoms with E-state index in [1.807, 2.05) is 0 Å². The molecule has 4 rings (SSSR count). The molecular formula is C21H24N2O11S2. The van der Waals surface area contributed by atoms with E-state index in [1.54, 1.807) is 6.92 Å². The second kappa shape index (κ2) is 7.99. The molecule has 0 spiro atoms. The number of aryl methyl sites for hydroxylation is 2. The largest absolute Gasteiger partial charge is 0.519 e. The first-order valence-electron chi connectivity index (χ1n) is 10.6. The maximum absolute atomic E-state index is 13.7. The van der Waals surface area contributed by atoms with E-state index in [-0.39, 0.29) is 17.1 Å². The topological polar surface area (TPSA) is 204 Å². The third kappa shape index (κ3) is 3.29. The normalized spacial score (nSPS) is 26.4. The molecule has 13 nitrogen and oxygen atoms in total. The van der Waals surface area contributed by atoms with Crippen LogP contribution in [0.3, 0.4) is 0 Å². The van der Waals surface area contributed by atoms with Crippen LogP contribution >= 0.6 is 0 Å². The molecule has 3 N–H and O–H groups in total. The summed E-state index contributed by atoms with van der Waals surface area (Å²) in [4.78, 5) is 38.3. The predicted molar refractivity (Wildman–Crippen MR) is 121 cm³/mol. The Morgan fingerprint density at radius 2 is 1.86 bits per heavy atom. The highest BCUT2D eigenvalue weighted by Crippen LogP contribution is 2.58. The van der Waals surface area contributed by atoms with E-state index in [0.29, 0.717) is 5.56 Å². The van der Waals surface area contributed by atoms with Gasteiger partial charge in [0.1, 0.15) is 4.75 Å². The zero-order valence-electron chi connectivity index (χ0n) is 19.7. The van der Waals surface area contributed by atoms with Gasteiger partial charge in [-0.25, -0.2) is 18.0 Å². The molecule has 15 heteroatoms. The number of nitrogens with two attached hydrogens (primary N) is 1. The Morgan fingerprint density at radius 3 is 2.39 bits per heavy atom. The Kier molecular flexibility index (Phi) is 5.79. The van der Waals surface area contributed by atoms with Gasteiger partial charge in [-0.2, -0.15) is 8.42 Å². The third-order valence-electron chi connectivity index (χ3n) is 7.06. The summed E-state index contributed by atoms with van der Waals surface area (Å²) in [5, 5.41) is -1.65. The van der Waals surface area contributed by atoms with Crippen LogP contribution in [0.4, 0.5) is 0 Å². The number of sulfone groups is 1. The van der Waals surface area contributed by atoms with Crippen LogP contribution in [-0.2, 0) is 40.9 Å². The molecule has 2 saturated heterocycles. The second-order valence-corrected chi connectivity index (χ2v) is 13.2. The third-order valence-corrected chi connectivity index (χ3v) is 10.9. The molecular weight excluding hydrogens is 520 g/mol. The molecule has 1 amide bonds. The average Bonchev–Trinajstić information content (AvgIpc) is 3.13. The molecule has 36 heavy (non-hydrogen) atoms. The molecule has 196 valence electrons. The molecule has 3 atom stereocenters. The van der Waals surface area contributed by atoms with Gasteiger partial charge in [-0.15, -0.1) is 0 Å². The Morgan fingerprint density at radius 1 is 1.22 bits per heavy atom. The molecule has 2 aromatic rings. The monoisotopic (exact) mass is 544 g/mol. The Labute approximate surface area is 205 Å². The first-order valence-corrected chi connectivity index (χ1v) is 13.6. The number of carbonyl (C=O) groups excluding carboxylic acids is 2. The summed E-state index contributed by atoms with van der Waals surface area (Å²) in [5.74, 6) is -4.64. The lowest BCUT2D eigenvalue weighted by Gasteiger charge is -2.49. The van der Waals surface area contributed by atoms with Gasteiger partial charge in [0, 0.05) is 6.54 Å². The van der Waals surface area contributed by atoms with Crippen LogP contribution in [-0.4, -0.2) is 60.4 Å². The van der Waals surface area contributed by atoms with Crippen molar-refractivity contribution < 1.29 is 44.5 Å². The molecule has 2 aliphatic rings. The van der Waals surface area contributed by atoms with Gasteiger partial charge in [-0.1, -0.05) is 17.7 Å². The summed E-state index contributed by atoms with van der Waals surface area (Å²) in [5.41, 5.74) is 4.07. The van der Waals surface area contributed by atoms with Crippen LogP contribution in [0.15, 0.2) is 36.7 Å². The minimum Gasteiger partial charge on any atom is -0.456 e. The number of fused-ring (bicyclic) bond motifs is 1. The lowest BCUT2D eigenvalue weighted by molar-refractivity contribution is -0.175. The summed E-state index contributed by atoms with van der Waals surface area (Å²) >= 11 is 0. The fourth-order valence-electron chi connectivity index (χ4n) is 4.98. The second-order valence-electron chi connectivity index (χ2n) is 9.22. The Hall–Kier alpha value is -3.01. The fraction of sp³-hybridized carbons (Fsp3) is 0.476. The van der Waals surface area contributed by atoms with Crippen molar-refractivity contribution in [1.29, 1.82) is 0 Å². The molecule has 1 aromatic heterocycles. The quantitative estimate of drug-likeness (QED) is 0.280. The summed E-state index contributed by atoms with van der Waals surface area (Å²) < 4.78 is 73.9. The number of nitrogens with zero attached hydrogens (tertiary/aromatic N) is 1. The standard InChI is InChI=1S/C21H24N2O11S2/c1-10-5-6-14(36(29,30)31)12(7-10)15-16(24)23-17(15)35(27,28)20(3,4)21(23,9-22)18(25)32-8-13-11(2)33-19(26)34-13/h5-7,15,17H,8-9,22H2,1-4H3,(H,29,30,31)/t15-,17-,21+/m1/s1. The van der Waals surface area contributed by atoms with Crippen LogP contribution in [0.1, 0.15) is 42.4 Å². The van der Waals surface area contributed by atoms with Crippen molar-refractivity contribution in [3.63, 3.8) is 0 Å². The average molecular weight is 545 g/mol. The number of benzene rings is 1. The molecule has 0 radical (unpaired) electrons. The van der Waals surface area contributed by atoms with Crippen LogP contribution in [0.25, 0.3) is 0 Å². The maximum atomic E-state index is 13.7. The van der Waals surface area contributed by atoms with Crippen molar-refractivity contribution in [2.45, 2.75) is 60.8 Å². The minimum atomic E-state index is -4.81. The van der Waals surface area contributed by atoms with Crippen LogP contribution in [0.2, 0.25) is 0 Å². The van der Waals surface area contributed by atoms with Crippen molar-refractivity contribution in [2.24, 2.45) is 5.73 Å². The van der Waals surface area contributed by atoms with Crippen molar-refractivity contribution >= 4 is 31.8 Å². The number of hydrogen-bond acceptors (Lipinski definition) is 11. The highest BCUT2D eigenvalue weighted by Gasteiger charge is 2.80. The molecule has 1 aromatic carbocycles. The number of hydrogen-bond donors (Lipinski definition) is 2. The summed E-state index contributed by atoms with van der Waals surface area (Å²) in [6.45, 7) is 4.22. The molecule has 0 saturated carbocycles. The van der Waals surface area contributed by atoms with Gasteiger partial charge < -0.3 is 24.2 Å². The summed E-state index contributed by atoms with van der Waals surface area (Å²) in [6.07, 6.45) is 0. The Bertz CT molecular complexity index is 1550. The maximum Gasteiger partial charge on any atom is 0.519 e. The van der Waals surface area contributed by atoms with E-state index in [2.05, 4.69) is 0 Å². The smallest absolute Gasteiger partial charge is 0.456 e. The number of carbonyl (C=O) groups is 2. The van der Waals surface area contributed by atoms with E-state index in [0.717, 1.165) is 11.0 Å². The van der Waals surface area contributed by atoms with Crippen LogP contribution in [0, 0.1) is 13.8 Å². The lowest BCUT2D eigenvalue weighted by atomic mass is 9.77. The van der Waals surface area contributed by atoms with Crippen molar-refractivity contribution in [3.8, 4) is 0 Å². The zero-order chi connectivity index (χ0) is 27.0. The van der Waals surface area contributed by atoms with E-state index in [1.165, 1.54) is 32.9 Å². The number of β-lactam (4-membered cyclic amide) rings is 1. The predicted octanol–water partition coefficient (Wildman–Crippen LogP) is -0.00386. The fourth-order valence-corrected chi connectivity index (χ4v) is 8.22. The molecule has 2 aliphatic heterocycles. The molecule has 0 unspecified atom stereocenters. The Balaban J connectivity index is 1.81. The van der Waals surface area contributed by atoms with Gasteiger partial charge >= 0.3 is 11.8 Å². The highest BCUT2D eigenvalue weighted by molar-refractivity contribution is 7.94. The van der Waals surface area contributed by atoms with Crippen LogP contribution < -0.4 is 11.6 Å². The van der Waals surface area contributed by atoms with Gasteiger partial charge in [-0.3, -0.25) is 9.35 Å². The van der Waals surface area contributed by atoms with Crippen molar-refractivity contribution in [2.75, 3.05) is 6.54 Å². The summed E-state index contributed by atoms with van der Waals surface area (Å²) in [7, 11) is -9.18. The van der Waals surface area contributed by atoms with Crippen molar-refractivity contribution in [1.82, 2.24) is 4.90 Å². The van der Waals surface area contributed by atoms with E-state index in [9.17, 15) is 35.8 Å². The SMILES string of the molecule is Cc1ccc(S(=O)(=O)O)c([C@@H]2C(=O)N3[C@@H]2S(=O)(=O)C(C)(C)[C@]3(CN)C(=O)OCc2oc(=O)oc2C)c1. The lowest BCUT2D eigenvalue weighted by Crippen LogP contribution is -2.72. The summed E-state index contributed by atoms with van der Waals surface area (Å²) in [6, 6.07) is 3.77. The van der Waals surface area contributed by atoms with Gasteiger partial charge in [0.25, 0.3) is 10.1 Å². The van der Waals surface area contributed by atoms with E-state index < -0.39 is 77.3 Å². The van der Waals surface area contributed by atoms with E-state index >= 15 is 0 Å². The number of amides is 1. The van der Waals surface area contributed by atoms with Gasteiger partial charge in [-0.05, 0) is 39.3 Å².